The van der Waals surface area contributed by atoms with Crippen molar-refractivity contribution in [2.24, 2.45) is 0 Å². The highest BCUT2D eigenvalue weighted by atomic mass is 35.5. The summed E-state index contributed by atoms with van der Waals surface area (Å²) in [7, 11) is 0. The summed E-state index contributed by atoms with van der Waals surface area (Å²) in [6, 6.07) is 11.9. The Morgan fingerprint density at radius 1 is 1.14 bits per heavy atom. The highest BCUT2D eigenvalue weighted by Gasteiger charge is 2.15. The first-order valence-electron chi connectivity index (χ1n) is 6.44. The van der Waals surface area contributed by atoms with Gasteiger partial charge in [-0.1, -0.05) is 29.8 Å². The molecule has 1 atom stereocenters. The van der Waals surface area contributed by atoms with Gasteiger partial charge in [-0.05, 0) is 30.5 Å². The highest BCUT2D eigenvalue weighted by Crippen LogP contribution is 2.34. The van der Waals surface area contributed by atoms with Crippen LogP contribution in [0.15, 0.2) is 42.5 Å². The van der Waals surface area contributed by atoms with Crippen molar-refractivity contribution in [3.8, 4) is 0 Å². The minimum absolute atomic E-state index is 0.0421. The first-order valence-corrected chi connectivity index (χ1v) is 7.63. The van der Waals surface area contributed by atoms with Gasteiger partial charge in [-0.15, -0.1) is 11.3 Å². The molecule has 2 aromatic carbocycles. The molecule has 0 aliphatic rings. The average molecular weight is 324 g/mol. The van der Waals surface area contributed by atoms with Crippen molar-refractivity contribution in [3.63, 3.8) is 0 Å². The summed E-state index contributed by atoms with van der Waals surface area (Å²) in [5.74, 6) is -1.37. The molecule has 0 aliphatic heterocycles. The second-order valence-corrected chi connectivity index (χ2v) is 6.32. The maximum atomic E-state index is 13.8. The molecule has 3 rings (SSSR count). The van der Waals surface area contributed by atoms with Gasteiger partial charge in [-0.25, -0.2) is 8.78 Å². The van der Waals surface area contributed by atoms with Crippen LogP contribution in [0.1, 0.15) is 17.8 Å². The van der Waals surface area contributed by atoms with Gasteiger partial charge in [0.05, 0.1) is 16.8 Å². The zero-order valence-electron chi connectivity index (χ0n) is 11.2. The van der Waals surface area contributed by atoms with Crippen LogP contribution in [0.2, 0.25) is 5.02 Å². The third kappa shape index (κ3) is 2.87. The molecule has 0 saturated carbocycles. The molecule has 0 fully saturated rings. The minimum Gasteiger partial charge on any atom is -0.374 e. The summed E-state index contributed by atoms with van der Waals surface area (Å²) in [6.07, 6.45) is 0. The molecule has 0 aliphatic carbocycles. The lowest BCUT2D eigenvalue weighted by molar-refractivity contribution is 0.584. The SMILES string of the molecule is CC(Nc1c(F)cc(F)cc1Cl)c1cc2ccccc2s1. The van der Waals surface area contributed by atoms with Crippen LogP contribution < -0.4 is 5.32 Å². The van der Waals surface area contributed by atoms with E-state index in [1.807, 2.05) is 31.2 Å². The lowest BCUT2D eigenvalue weighted by Gasteiger charge is -2.15. The Kier molecular flexibility index (Phi) is 3.83. The molecule has 1 heterocycles. The van der Waals surface area contributed by atoms with Gasteiger partial charge in [0.2, 0.25) is 0 Å². The third-order valence-corrected chi connectivity index (χ3v) is 4.84. The van der Waals surface area contributed by atoms with Gasteiger partial charge < -0.3 is 5.32 Å². The largest absolute Gasteiger partial charge is 0.374 e. The van der Waals surface area contributed by atoms with E-state index >= 15 is 0 Å². The van der Waals surface area contributed by atoms with Gasteiger partial charge in [0, 0.05) is 15.6 Å². The van der Waals surface area contributed by atoms with Crippen molar-refractivity contribution in [2.75, 3.05) is 5.32 Å². The fraction of sp³-hybridized carbons (Fsp3) is 0.125. The molecule has 21 heavy (non-hydrogen) atoms. The Morgan fingerprint density at radius 3 is 2.62 bits per heavy atom. The first-order chi connectivity index (χ1) is 10.0. The van der Waals surface area contributed by atoms with Gasteiger partial charge in [-0.3, -0.25) is 0 Å². The van der Waals surface area contributed by atoms with E-state index in [-0.39, 0.29) is 16.8 Å². The average Bonchev–Trinajstić information content (AvgIpc) is 2.86. The van der Waals surface area contributed by atoms with E-state index in [2.05, 4.69) is 11.4 Å². The van der Waals surface area contributed by atoms with Crippen molar-refractivity contribution >= 4 is 38.7 Å². The highest BCUT2D eigenvalue weighted by molar-refractivity contribution is 7.19. The minimum atomic E-state index is -0.687. The maximum Gasteiger partial charge on any atom is 0.150 e. The van der Waals surface area contributed by atoms with Crippen molar-refractivity contribution in [2.45, 2.75) is 13.0 Å². The van der Waals surface area contributed by atoms with Gasteiger partial charge in [0.1, 0.15) is 5.82 Å². The van der Waals surface area contributed by atoms with E-state index in [1.54, 1.807) is 11.3 Å². The third-order valence-electron chi connectivity index (χ3n) is 3.24. The van der Waals surface area contributed by atoms with Crippen LogP contribution in [-0.4, -0.2) is 0 Å². The number of thiophene rings is 1. The van der Waals surface area contributed by atoms with Crippen LogP contribution in [0.5, 0.6) is 0 Å². The Bertz CT molecular complexity index is 744. The molecule has 0 bridgehead atoms. The number of fused-ring (bicyclic) bond motifs is 1. The zero-order chi connectivity index (χ0) is 15.0. The van der Waals surface area contributed by atoms with Crippen LogP contribution in [0.4, 0.5) is 14.5 Å². The van der Waals surface area contributed by atoms with Gasteiger partial charge in [0.15, 0.2) is 5.82 Å². The number of halogens is 3. The van der Waals surface area contributed by atoms with E-state index in [0.717, 1.165) is 22.4 Å². The molecule has 1 N–H and O–H groups in total. The number of hydrogen-bond acceptors (Lipinski definition) is 2. The zero-order valence-corrected chi connectivity index (χ0v) is 12.7. The van der Waals surface area contributed by atoms with Gasteiger partial charge in [-0.2, -0.15) is 0 Å². The van der Waals surface area contributed by atoms with E-state index in [0.29, 0.717) is 0 Å². The van der Waals surface area contributed by atoms with Crippen LogP contribution in [0.3, 0.4) is 0 Å². The molecule has 1 nitrogen and oxygen atoms in total. The second kappa shape index (κ2) is 5.62. The van der Waals surface area contributed by atoms with Crippen LogP contribution in [-0.2, 0) is 0 Å². The molecule has 0 spiro atoms. The van der Waals surface area contributed by atoms with Gasteiger partial charge in [0.25, 0.3) is 0 Å². The Balaban J connectivity index is 1.91. The van der Waals surface area contributed by atoms with Crippen molar-refractivity contribution in [1.29, 1.82) is 0 Å². The van der Waals surface area contributed by atoms with E-state index in [9.17, 15) is 8.78 Å². The van der Waals surface area contributed by atoms with E-state index in [4.69, 9.17) is 11.6 Å². The maximum absolute atomic E-state index is 13.8. The lowest BCUT2D eigenvalue weighted by Crippen LogP contribution is -2.07. The summed E-state index contributed by atoms with van der Waals surface area (Å²) >= 11 is 7.54. The predicted octanol–water partition coefficient (Wildman–Crippen LogP) is 6.01. The molecule has 1 aromatic heterocycles. The summed E-state index contributed by atoms with van der Waals surface area (Å²) in [5, 5.41) is 4.21. The number of anilines is 1. The summed E-state index contributed by atoms with van der Waals surface area (Å²) in [6.45, 7) is 1.92. The van der Waals surface area contributed by atoms with E-state index < -0.39 is 11.6 Å². The molecule has 3 aromatic rings. The Labute approximate surface area is 130 Å². The quantitative estimate of drug-likeness (QED) is 0.622. The van der Waals surface area contributed by atoms with Crippen LogP contribution in [0.25, 0.3) is 10.1 Å². The monoisotopic (exact) mass is 323 g/mol. The van der Waals surface area contributed by atoms with Crippen LogP contribution >= 0.6 is 22.9 Å². The smallest absolute Gasteiger partial charge is 0.150 e. The fourth-order valence-electron chi connectivity index (χ4n) is 2.18. The summed E-state index contributed by atoms with van der Waals surface area (Å²) in [5.41, 5.74) is 0.128. The van der Waals surface area contributed by atoms with Crippen molar-refractivity contribution in [3.05, 3.63) is 64.0 Å². The molecule has 5 heteroatoms. The number of rotatable bonds is 3. The number of nitrogens with one attached hydrogen (secondary N) is 1. The summed E-state index contributed by atoms with van der Waals surface area (Å²) in [4.78, 5) is 1.07. The molecule has 0 radical (unpaired) electrons. The molecule has 1 unspecified atom stereocenters. The van der Waals surface area contributed by atoms with Crippen molar-refractivity contribution < 1.29 is 8.78 Å². The van der Waals surface area contributed by atoms with Gasteiger partial charge >= 0.3 is 0 Å². The Hall–Kier alpha value is -1.65. The number of benzene rings is 2. The first kappa shape index (κ1) is 14.3. The molecular formula is C16H12ClF2NS. The lowest BCUT2D eigenvalue weighted by atomic mass is 10.2. The Morgan fingerprint density at radius 2 is 1.90 bits per heavy atom. The molecule has 0 amide bonds. The molecule has 0 saturated heterocycles. The number of hydrogen-bond donors (Lipinski definition) is 1. The second-order valence-electron chi connectivity index (χ2n) is 4.80. The molecule has 108 valence electrons. The fourth-order valence-corrected chi connectivity index (χ4v) is 3.50. The standard InChI is InChI=1S/C16H12ClF2NS/c1-9(15-6-10-4-2-3-5-14(10)21-15)20-16-12(17)7-11(18)8-13(16)19/h2-9,20H,1H3. The normalized spacial score (nSPS) is 12.6. The van der Waals surface area contributed by atoms with Crippen molar-refractivity contribution in [1.82, 2.24) is 0 Å². The van der Waals surface area contributed by atoms with E-state index in [1.165, 1.54) is 4.70 Å². The topological polar surface area (TPSA) is 12.0 Å². The van der Waals surface area contributed by atoms with Crippen LogP contribution in [0, 0.1) is 11.6 Å². The molecular weight excluding hydrogens is 312 g/mol. The summed E-state index contributed by atoms with van der Waals surface area (Å²) < 4.78 is 28.0. The predicted molar refractivity (Wildman–Crippen MR) is 85.2 cm³/mol.